The summed E-state index contributed by atoms with van der Waals surface area (Å²) in [4.78, 5) is 27.2. The number of carbonyl (C=O) groups is 2. The predicted octanol–water partition coefficient (Wildman–Crippen LogP) is 6.64. The van der Waals surface area contributed by atoms with Crippen molar-refractivity contribution in [1.82, 2.24) is 10.2 Å². The molecule has 2 aromatic rings. The maximum atomic E-state index is 13.2. The van der Waals surface area contributed by atoms with Crippen LogP contribution in [0, 0.1) is 0 Å². The van der Waals surface area contributed by atoms with Crippen LogP contribution >= 0.6 is 27.5 Å². The van der Waals surface area contributed by atoms with Gasteiger partial charge in [-0.1, -0.05) is 39.7 Å². The van der Waals surface area contributed by atoms with E-state index in [0.717, 1.165) is 17.7 Å². The number of carbonyl (C=O) groups excluding carboxylic acids is 2. The Morgan fingerprint density at radius 1 is 1.12 bits per heavy atom. The van der Waals surface area contributed by atoms with Crippen molar-refractivity contribution in [1.29, 1.82) is 0 Å². The van der Waals surface area contributed by atoms with Crippen molar-refractivity contribution in [3.05, 3.63) is 68.7 Å². The second-order valence-corrected chi connectivity index (χ2v) is 10.5. The van der Waals surface area contributed by atoms with E-state index < -0.39 is 35.4 Å². The number of ether oxygens (including phenoxy) is 1. The molecule has 1 aliphatic rings. The Morgan fingerprint density at radius 2 is 1.76 bits per heavy atom. The summed E-state index contributed by atoms with van der Waals surface area (Å²) in [7, 11) is 0. The number of amides is 2. The molecule has 2 aromatic carbocycles. The molecule has 1 saturated heterocycles. The van der Waals surface area contributed by atoms with Gasteiger partial charge >= 0.3 is 12.3 Å². The summed E-state index contributed by atoms with van der Waals surface area (Å²) in [6, 6.07) is 9.73. The summed E-state index contributed by atoms with van der Waals surface area (Å²) < 4.78 is 45.3. The molecule has 5 nitrogen and oxygen atoms in total. The van der Waals surface area contributed by atoms with Gasteiger partial charge in [-0.2, -0.15) is 13.2 Å². The first-order valence-electron chi connectivity index (χ1n) is 10.6. The number of nitrogens with one attached hydrogen (secondary N) is 1. The molecule has 34 heavy (non-hydrogen) atoms. The van der Waals surface area contributed by atoms with Crippen LogP contribution in [-0.2, 0) is 10.9 Å². The average molecular weight is 562 g/mol. The minimum atomic E-state index is -4.58. The predicted molar refractivity (Wildman–Crippen MR) is 127 cm³/mol. The monoisotopic (exact) mass is 560 g/mol. The van der Waals surface area contributed by atoms with Crippen molar-refractivity contribution in [2.75, 3.05) is 13.1 Å². The van der Waals surface area contributed by atoms with E-state index in [0.29, 0.717) is 18.0 Å². The lowest BCUT2D eigenvalue weighted by Gasteiger charge is -2.39. The number of halogens is 5. The zero-order valence-electron chi connectivity index (χ0n) is 18.9. The highest BCUT2D eigenvalue weighted by atomic mass is 79.9. The lowest BCUT2D eigenvalue weighted by atomic mass is 9.86. The first kappa shape index (κ1) is 26.3. The Balaban J connectivity index is 1.85. The molecule has 10 heteroatoms. The first-order chi connectivity index (χ1) is 15.7. The van der Waals surface area contributed by atoms with Crippen molar-refractivity contribution >= 4 is 39.5 Å². The Hall–Kier alpha value is -2.26. The van der Waals surface area contributed by atoms with Gasteiger partial charge in [-0.05, 0) is 63.1 Å². The second kappa shape index (κ2) is 10.2. The molecule has 0 saturated carbocycles. The molecule has 1 aliphatic heterocycles. The van der Waals surface area contributed by atoms with Crippen molar-refractivity contribution in [3.63, 3.8) is 0 Å². The van der Waals surface area contributed by atoms with Crippen LogP contribution in [0.4, 0.5) is 18.0 Å². The van der Waals surface area contributed by atoms with Crippen LogP contribution < -0.4 is 5.32 Å². The molecule has 1 fully saturated rings. The number of benzene rings is 2. The smallest absolute Gasteiger partial charge is 0.416 e. The van der Waals surface area contributed by atoms with Crippen molar-refractivity contribution in [2.45, 2.75) is 50.9 Å². The van der Waals surface area contributed by atoms with Gasteiger partial charge < -0.3 is 15.0 Å². The van der Waals surface area contributed by atoms with Gasteiger partial charge in [0.1, 0.15) is 5.60 Å². The zero-order valence-corrected chi connectivity index (χ0v) is 21.2. The Morgan fingerprint density at radius 3 is 2.35 bits per heavy atom. The Labute approximate surface area is 209 Å². The van der Waals surface area contributed by atoms with Crippen LogP contribution in [0.25, 0.3) is 0 Å². The summed E-state index contributed by atoms with van der Waals surface area (Å²) in [5.41, 5.74) is -0.838. The second-order valence-electron chi connectivity index (χ2n) is 9.18. The zero-order chi connectivity index (χ0) is 25.3. The number of hydrogen-bond donors (Lipinski definition) is 1. The van der Waals surface area contributed by atoms with Crippen molar-refractivity contribution in [3.8, 4) is 0 Å². The molecule has 0 aromatic heterocycles. The molecule has 0 radical (unpaired) electrons. The van der Waals surface area contributed by atoms with Crippen molar-refractivity contribution < 1.29 is 27.5 Å². The molecule has 0 aliphatic carbocycles. The van der Waals surface area contributed by atoms with Crippen LogP contribution in [0.15, 0.2) is 46.9 Å². The largest absolute Gasteiger partial charge is 0.444 e. The molecule has 2 amide bonds. The molecule has 1 heterocycles. The van der Waals surface area contributed by atoms with E-state index in [1.54, 1.807) is 37.8 Å². The minimum absolute atomic E-state index is 0.105. The van der Waals surface area contributed by atoms with Crippen LogP contribution in [0.2, 0.25) is 5.02 Å². The van der Waals surface area contributed by atoms with E-state index in [4.69, 9.17) is 16.3 Å². The van der Waals surface area contributed by atoms with Crippen LogP contribution in [0.1, 0.15) is 54.6 Å². The SMILES string of the molecule is CC(C)(C)OC(=O)N1CCC(NC(=O)c2cc(Br)cc(C(F)(F)F)c2)C(c2ccc(Cl)cc2)C1. The average Bonchev–Trinajstić information content (AvgIpc) is 2.72. The standard InChI is InChI=1S/C24H25BrClF3N2O3/c1-23(2,3)34-22(33)31-9-8-20(19(13-31)14-4-6-18(26)7-5-14)30-21(32)15-10-16(24(27,28)29)12-17(25)11-15/h4-7,10-12,19-20H,8-9,13H2,1-3H3,(H,30,32). The normalized spacial score (nSPS) is 19.0. The van der Waals surface area contributed by atoms with Gasteiger partial charge in [0.25, 0.3) is 5.91 Å². The molecule has 184 valence electrons. The van der Waals surface area contributed by atoms with E-state index >= 15 is 0 Å². The van der Waals surface area contributed by atoms with E-state index in [2.05, 4.69) is 21.2 Å². The van der Waals surface area contributed by atoms with Crippen LogP contribution in [0.3, 0.4) is 0 Å². The molecule has 0 bridgehead atoms. The minimum Gasteiger partial charge on any atom is -0.444 e. The molecule has 3 rings (SSSR count). The lowest BCUT2D eigenvalue weighted by molar-refractivity contribution is -0.137. The maximum absolute atomic E-state index is 13.2. The maximum Gasteiger partial charge on any atom is 0.416 e. The highest BCUT2D eigenvalue weighted by Gasteiger charge is 2.36. The quantitative estimate of drug-likeness (QED) is 0.457. The van der Waals surface area contributed by atoms with Crippen LogP contribution in [-0.4, -0.2) is 41.6 Å². The van der Waals surface area contributed by atoms with E-state index in [1.807, 2.05) is 12.1 Å². The summed E-state index contributed by atoms with van der Waals surface area (Å²) in [6.07, 6.45) is -4.64. The fraction of sp³-hybridized carbons (Fsp3) is 0.417. The number of alkyl halides is 3. The van der Waals surface area contributed by atoms with Crippen LogP contribution in [0.5, 0.6) is 0 Å². The highest BCUT2D eigenvalue weighted by molar-refractivity contribution is 9.10. The highest BCUT2D eigenvalue weighted by Crippen LogP contribution is 2.33. The van der Waals surface area contributed by atoms with Gasteiger partial charge in [0.05, 0.1) is 5.56 Å². The molecule has 0 spiro atoms. The lowest BCUT2D eigenvalue weighted by Crippen LogP contribution is -2.52. The Kier molecular flexibility index (Phi) is 7.87. The Bertz CT molecular complexity index is 1050. The number of piperidine rings is 1. The summed E-state index contributed by atoms with van der Waals surface area (Å²) in [5.74, 6) is -0.932. The van der Waals surface area contributed by atoms with Gasteiger partial charge in [-0.25, -0.2) is 4.79 Å². The summed E-state index contributed by atoms with van der Waals surface area (Å²) >= 11 is 9.07. The number of likely N-dealkylation sites (tertiary alicyclic amines) is 1. The fourth-order valence-corrected chi connectivity index (χ4v) is 4.42. The third-order valence-electron chi connectivity index (χ3n) is 5.37. The molecular weight excluding hydrogens is 537 g/mol. The fourth-order valence-electron chi connectivity index (χ4n) is 3.80. The van der Waals surface area contributed by atoms with Gasteiger partial charge in [0, 0.05) is 40.1 Å². The third-order valence-corrected chi connectivity index (χ3v) is 6.08. The number of hydrogen-bond acceptors (Lipinski definition) is 3. The molecule has 1 N–H and O–H groups in total. The van der Waals surface area contributed by atoms with Gasteiger partial charge in [0.2, 0.25) is 0 Å². The first-order valence-corrected chi connectivity index (χ1v) is 11.8. The topological polar surface area (TPSA) is 58.6 Å². The van der Waals surface area contributed by atoms with Gasteiger partial charge in [-0.3, -0.25) is 4.79 Å². The molecule has 2 unspecified atom stereocenters. The van der Waals surface area contributed by atoms with E-state index in [1.165, 1.54) is 6.07 Å². The summed E-state index contributed by atoms with van der Waals surface area (Å²) in [6.45, 7) is 5.94. The van der Waals surface area contributed by atoms with Crippen molar-refractivity contribution in [2.24, 2.45) is 0 Å². The third kappa shape index (κ3) is 6.88. The number of nitrogens with zero attached hydrogens (tertiary/aromatic N) is 1. The number of rotatable bonds is 3. The van der Waals surface area contributed by atoms with Gasteiger partial charge in [-0.15, -0.1) is 0 Å². The van der Waals surface area contributed by atoms with E-state index in [-0.39, 0.29) is 22.5 Å². The van der Waals surface area contributed by atoms with E-state index in [9.17, 15) is 22.8 Å². The molecule has 2 atom stereocenters. The summed E-state index contributed by atoms with van der Waals surface area (Å²) in [5, 5.41) is 3.41. The van der Waals surface area contributed by atoms with Gasteiger partial charge in [0.15, 0.2) is 0 Å². The molecular formula is C24H25BrClF3N2O3.